The van der Waals surface area contributed by atoms with Crippen LogP contribution in [0.4, 0.5) is 4.79 Å². The zero-order chi connectivity index (χ0) is 21.0. The first kappa shape index (κ1) is 22.4. The molecule has 2 aliphatic rings. The maximum atomic E-state index is 12.5. The molecule has 1 atom stereocenters. The number of piperazine rings is 1. The van der Waals surface area contributed by atoms with E-state index in [4.69, 9.17) is 16.3 Å². The number of nitrogens with zero attached hydrogens (tertiary/aromatic N) is 3. The van der Waals surface area contributed by atoms with Crippen LogP contribution in [0.15, 0.2) is 24.3 Å². The molecule has 0 saturated carbocycles. The lowest BCUT2D eigenvalue weighted by Gasteiger charge is -2.47. The summed E-state index contributed by atoms with van der Waals surface area (Å²) in [6, 6.07) is 9.22. The summed E-state index contributed by atoms with van der Waals surface area (Å²) in [5, 5.41) is 0.795. The summed E-state index contributed by atoms with van der Waals surface area (Å²) >= 11 is 6.00. The van der Waals surface area contributed by atoms with Crippen molar-refractivity contribution >= 4 is 17.7 Å². The normalized spacial score (nSPS) is 22.7. The first-order valence-electron chi connectivity index (χ1n) is 11.0. The van der Waals surface area contributed by atoms with Gasteiger partial charge < -0.3 is 9.64 Å². The average Bonchev–Trinajstić information content (AvgIpc) is 2.68. The molecule has 0 aliphatic carbocycles. The van der Waals surface area contributed by atoms with E-state index in [0.717, 1.165) is 50.7 Å². The minimum atomic E-state index is -0.438. The van der Waals surface area contributed by atoms with E-state index in [-0.39, 0.29) is 6.09 Å². The molecule has 6 heteroatoms. The Hall–Kier alpha value is -1.30. The van der Waals surface area contributed by atoms with Crippen molar-refractivity contribution in [3.63, 3.8) is 0 Å². The molecule has 0 aromatic heterocycles. The summed E-state index contributed by atoms with van der Waals surface area (Å²) in [7, 11) is 0. The van der Waals surface area contributed by atoms with E-state index in [9.17, 15) is 4.79 Å². The fraction of sp³-hybridized carbons (Fsp3) is 0.696. The van der Waals surface area contributed by atoms with Gasteiger partial charge in [0.15, 0.2) is 0 Å². The highest BCUT2D eigenvalue weighted by Crippen LogP contribution is 2.25. The van der Waals surface area contributed by atoms with E-state index in [2.05, 4.69) is 28.9 Å². The molecule has 0 N–H and O–H groups in total. The van der Waals surface area contributed by atoms with Crippen LogP contribution in [0.25, 0.3) is 0 Å². The predicted molar refractivity (Wildman–Crippen MR) is 118 cm³/mol. The monoisotopic (exact) mass is 421 g/mol. The third kappa shape index (κ3) is 6.34. The van der Waals surface area contributed by atoms with Gasteiger partial charge in [-0.2, -0.15) is 0 Å². The van der Waals surface area contributed by atoms with Crippen LogP contribution in [0, 0.1) is 0 Å². The fourth-order valence-electron chi connectivity index (χ4n) is 4.46. The van der Waals surface area contributed by atoms with Gasteiger partial charge in [0, 0.05) is 43.3 Å². The van der Waals surface area contributed by atoms with Crippen LogP contribution in [0.1, 0.15) is 52.5 Å². The molecule has 5 nitrogen and oxygen atoms in total. The van der Waals surface area contributed by atoms with Crippen LogP contribution in [0.5, 0.6) is 0 Å². The van der Waals surface area contributed by atoms with Gasteiger partial charge in [-0.25, -0.2) is 4.79 Å². The van der Waals surface area contributed by atoms with Gasteiger partial charge in [0.2, 0.25) is 0 Å². The van der Waals surface area contributed by atoms with E-state index in [1.807, 2.05) is 37.8 Å². The van der Waals surface area contributed by atoms with Crippen molar-refractivity contribution in [1.29, 1.82) is 0 Å². The SMILES string of the molecule is CC[C@H]1CN(C(=O)OC(C)(C)C)CCN1C1CCN(Cc2ccc(Cl)cc2)CC1. The van der Waals surface area contributed by atoms with E-state index in [0.29, 0.717) is 12.1 Å². The molecule has 1 aromatic carbocycles. The van der Waals surface area contributed by atoms with Crippen molar-refractivity contribution in [3.05, 3.63) is 34.9 Å². The Morgan fingerprint density at radius 2 is 1.76 bits per heavy atom. The first-order chi connectivity index (χ1) is 13.7. The molecule has 1 aromatic rings. The molecule has 29 heavy (non-hydrogen) atoms. The number of hydrogen-bond donors (Lipinski definition) is 0. The van der Waals surface area contributed by atoms with Gasteiger partial charge in [0.1, 0.15) is 5.60 Å². The highest BCUT2D eigenvalue weighted by molar-refractivity contribution is 6.30. The Morgan fingerprint density at radius 3 is 2.34 bits per heavy atom. The topological polar surface area (TPSA) is 36.0 Å². The van der Waals surface area contributed by atoms with E-state index < -0.39 is 5.60 Å². The Morgan fingerprint density at radius 1 is 1.10 bits per heavy atom. The van der Waals surface area contributed by atoms with Gasteiger partial charge >= 0.3 is 6.09 Å². The number of carbonyl (C=O) groups excluding carboxylic acids is 1. The number of carbonyl (C=O) groups is 1. The fourth-order valence-corrected chi connectivity index (χ4v) is 4.59. The number of ether oxygens (including phenoxy) is 1. The number of benzene rings is 1. The average molecular weight is 422 g/mol. The highest BCUT2D eigenvalue weighted by atomic mass is 35.5. The maximum absolute atomic E-state index is 12.5. The number of halogens is 1. The molecule has 162 valence electrons. The number of hydrogen-bond acceptors (Lipinski definition) is 4. The van der Waals surface area contributed by atoms with Crippen molar-refractivity contribution in [2.75, 3.05) is 32.7 Å². The number of likely N-dealkylation sites (tertiary alicyclic amines) is 1. The summed E-state index contributed by atoms with van der Waals surface area (Å²) in [5.41, 5.74) is 0.887. The van der Waals surface area contributed by atoms with Gasteiger partial charge in [0.25, 0.3) is 0 Å². The van der Waals surface area contributed by atoms with Gasteiger partial charge in [-0.1, -0.05) is 30.7 Å². The largest absolute Gasteiger partial charge is 0.444 e. The van der Waals surface area contributed by atoms with Crippen LogP contribution in [-0.2, 0) is 11.3 Å². The smallest absolute Gasteiger partial charge is 0.410 e. The van der Waals surface area contributed by atoms with Gasteiger partial charge in [-0.05, 0) is 70.8 Å². The number of rotatable bonds is 4. The van der Waals surface area contributed by atoms with Gasteiger partial charge in [-0.15, -0.1) is 0 Å². The van der Waals surface area contributed by atoms with Crippen LogP contribution >= 0.6 is 11.6 Å². The van der Waals surface area contributed by atoms with Crippen molar-refractivity contribution < 1.29 is 9.53 Å². The molecular formula is C23H36ClN3O2. The Bertz CT molecular complexity index is 666. The Balaban J connectivity index is 1.50. The second kappa shape index (κ2) is 9.67. The van der Waals surface area contributed by atoms with Crippen LogP contribution in [-0.4, -0.2) is 71.2 Å². The molecule has 3 rings (SSSR count). The molecule has 2 saturated heterocycles. The summed E-state index contributed by atoms with van der Waals surface area (Å²) in [6.07, 6.45) is 3.27. The maximum Gasteiger partial charge on any atom is 0.410 e. The third-order valence-corrected chi connectivity index (χ3v) is 6.25. The van der Waals surface area contributed by atoms with Crippen LogP contribution in [0.3, 0.4) is 0 Å². The van der Waals surface area contributed by atoms with Crippen molar-refractivity contribution in [1.82, 2.24) is 14.7 Å². The van der Waals surface area contributed by atoms with E-state index in [1.165, 1.54) is 18.4 Å². The van der Waals surface area contributed by atoms with Crippen LogP contribution in [0.2, 0.25) is 5.02 Å². The van der Waals surface area contributed by atoms with E-state index >= 15 is 0 Å². The summed E-state index contributed by atoms with van der Waals surface area (Å²) < 4.78 is 5.58. The van der Waals surface area contributed by atoms with Gasteiger partial charge in [0.05, 0.1) is 0 Å². The second-order valence-electron chi connectivity index (χ2n) is 9.36. The highest BCUT2D eigenvalue weighted by Gasteiger charge is 2.35. The zero-order valence-corrected chi connectivity index (χ0v) is 19.1. The Labute approximate surface area is 180 Å². The molecule has 1 amide bonds. The third-order valence-electron chi connectivity index (χ3n) is 6.00. The molecule has 0 radical (unpaired) electrons. The minimum Gasteiger partial charge on any atom is -0.444 e. The van der Waals surface area contributed by atoms with Crippen molar-refractivity contribution in [3.8, 4) is 0 Å². The Kier molecular flexibility index (Phi) is 7.47. The predicted octanol–water partition coefficient (Wildman–Crippen LogP) is 4.64. The molecule has 2 aliphatic heterocycles. The number of amides is 1. The molecule has 0 bridgehead atoms. The van der Waals surface area contributed by atoms with Crippen LogP contribution < -0.4 is 0 Å². The molecule has 2 fully saturated rings. The summed E-state index contributed by atoms with van der Waals surface area (Å²) in [4.78, 5) is 19.6. The molecule has 2 heterocycles. The molecule has 0 spiro atoms. The quantitative estimate of drug-likeness (QED) is 0.709. The summed E-state index contributed by atoms with van der Waals surface area (Å²) in [6.45, 7) is 13.7. The lowest BCUT2D eigenvalue weighted by atomic mass is 9.98. The lowest BCUT2D eigenvalue weighted by Crippen LogP contribution is -2.59. The lowest BCUT2D eigenvalue weighted by molar-refractivity contribution is -0.0140. The molecular weight excluding hydrogens is 386 g/mol. The summed E-state index contributed by atoms with van der Waals surface area (Å²) in [5.74, 6) is 0. The standard InChI is InChI=1S/C23H36ClN3O2/c1-5-20-17-26(22(28)29-23(2,3)4)14-15-27(20)21-10-12-25(13-11-21)16-18-6-8-19(24)9-7-18/h6-9,20-21H,5,10-17H2,1-4H3/t20-/m0/s1. The van der Waals surface area contributed by atoms with E-state index in [1.54, 1.807) is 0 Å². The number of piperidine rings is 1. The first-order valence-corrected chi connectivity index (χ1v) is 11.3. The minimum absolute atomic E-state index is 0.173. The molecule has 0 unspecified atom stereocenters. The second-order valence-corrected chi connectivity index (χ2v) is 9.80. The van der Waals surface area contributed by atoms with Crippen molar-refractivity contribution in [2.45, 2.75) is 71.2 Å². The van der Waals surface area contributed by atoms with Gasteiger partial charge in [-0.3, -0.25) is 9.80 Å². The van der Waals surface area contributed by atoms with Crippen molar-refractivity contribution in [2.24, 2.45) is 0 Å². The zero-order valence-electron chi connectivity index (χ0n) is 18.4.